The molecule has 0 aliphatic heterocycles. The molecule has 0 saturated carbocycles. The second-order valence-corrected chi connectivity index (χ2v) is 12.6. The van der Waals surface area contributed by atoms with Gasteiger partial charge in [0, 0.05) is 22.0 Å². The van der Waals surface area contributed by atoms with Gasteiger partial charge >= 0.3 is 35.8 Å². The van der Waals surface area contributed by atoms with E-state index in [9.17, 15) is 57.1 Å². The van der Waals surface area contributed by atoms with Gasteiger partial charge in [0.2, 0.25) is 0 Å². The van der Waals surface area contributed by atoms with E-state index in [1.807, 2.05) is 12.4 Å². The van der Waals surface area contributed by atoms with Crippen LogP contribution in [0.25, 0.3) is 0 Å². The van der Waals surface area contributed by atoms with Crippen molar-refractivity contribution in [1.82, 2.24) is 4.57 Å². The minimum Gasteiger partial charge on any atom is -0.234 e. The minimum atomic E-state index is -7.85. The van der Waals surface area contributed by atoms with Gasteiger partial charge in [-0.1, -0.05) is 81.6 Å². The predicted octanol–water partition coefficient (Wildman–Crippen LogP) is 11.9. The third-order valence-electron chi connectivity index (χ3n) is 7.81. The van der Waals surface area contributed by atoms with Crippen molar-refractivity contribution in [3.8, 4) is 0 Å². The van der Waals surface area contributed by atoms with Gasteiger partial charge in [-0.3, -0.25) is 0 Å². The van der Waals surface area contributed by atoms with E-state index in [0.29, 0.717) is 29.4 Å². The van der Waals surface area contributed by atoms with Crippen molar-refractivity contribution in [2.75, 3.05) is 0 Å². The molecule has 0 N–H and O–H groups in total. The number of aryl methyl sites for hydroxylation is 1. The molecule has 270 valence electrons. The average molecular weight is 743 g/mol. The lowest BCUT2D eigenvalue weighted by molar-refractivity contribution is -0.696. The Labute approximate surface area is 274 Å². The summed E-state index contributed by atoms with van der Waals surface area (Å²) in [6, 6.07) is 5.31. The van der Waals surface area contributed by atoms with Crippen LogP contribution in [0.5, 0.6) is 0 Å². The molecule has 0 atom stereocenters. The molecule has 0 radical (unpaired) electrons. The predicted molar refractivity (Wildman–Crippen MR) is 151 cm³/mol. The fraction of sp³-hybridized carbons (Fsp3) is 0.700. The van der Waals surface area contributed by atoms with Crippen LogP contribution in [0.1, 0.15) is 95.4 Å². The van der Waals surface area contributed by atoms with Gasteiger partial charge in [-0.05, 0) is 31.4 Å². The first-order valence-corrected chi connectivity index (χ1v) is 15.7. The van der Waals surface area contributed by atoms with Crippen LogP contribution in [-0.4, -0.2) is 40.4 Å². The molecule has 17 heteroatoms. The summed E-state index contributed by atoms with van der Waals surface area (Å²) in [6.45, 7) is 5.38. The summed E-state index contributed by atoms with van der Waals surface area (Å²) in [5.74, 6) is -35.2. The van der Waals surface area contributed by atoms with E-state index in [-0.39, 0.29) is 18.8 Å². The van der Waals surface area contributed by atoms with Gasteiger partial charge in [0.25, 0.3) is 5.82 Å². The second-order valence-electron chi connectivity index (χ2n) is 11.8. The zero-order valence-corrected chi connectivity index (χ0v) is 27.0. The molecule has 0 amide bonds. The lowest BCUT2D eigenvalue weighted by Gasteiger charge is -2.39. The molecule has 1 heterocycles. The van der Waals surface area contributed by atoms with E-state index in [0.717, 1.165) is 43.6 Å². The van der Waals surface area contributed by atoms with Gasteiger partial charge in [-0.15, -0.1) is 0 Å². The molecule has 0 spiro atoms. The summed E-state index contributed by atoms with van der Waals surface area (Å²) in [4.78, 5) is 0. The van der Waals surface area contributed by atoms with Crippen LogP contribution in [0.3, 0.4) is 0 Å². The van der Waals surface area contributed by atoms with Crippen LogP contribution in [0, 0.1) is 0 Å². The average Bonchev–Trinajstić information content (AvgIpc) is 3.35. The van der Waals surface area contributed by atoms with Crippen molar-refractivity contribution in [1.29, 1.82) is 0 Å². The Morgan fingerprint density at radius 1 is 0.638 bits per heavy atom. The van der Waals surface area contributed by atoms with Crippen LogP contribution >= 0.6 is 23.2 Å². The van der Waals surface area contributed by atoms with Gasteiger partial charge in [0.1, 0.15) is 18.9 Å². The van der Waals surface area contributed by atoms with E-state index in [4.69, 9.17) is 23.2 Å². The molecule has 1 aromatic carbocycles. The Kier molecular flexibility index (Phi) is 13.8. The molecule has 0 bridgehead atoms. The Morgan fingerprint density at radius 2 is 1.09 bits per heavy atom. The SMILES string of the molecule is CC(C)c1n(CCCCCCCCCCCC(F)(F)C(F)(F)C(F)(F)C(F)(F)C(F)(F)C(F)(F)F)cc[n+]1Cc1c(Cl)cccc1Cl. The standard InChI is InChI=1S/C30H36Cl2F13N2/c1-20(2)24-46(17-18-47(24)19-21-22(31)13-12-14-23(21)32)16-11-9-7-5-3-4-6-8-10-15-25(33,34)26(35,36)27(37,38)28(39,40)29(41,42)30(43,44)45/h12-14,17-18,20H,3-11,15-16,19H2,1-2H3/q+1. The molecular weight excluding hydrogens is 706 g/mol. The first kappa shape index (κ1) is 41.3. The van der Waals surface area contributed by atoms with Crippen molar-refractivity contribution in [2.45, 2.75) is 133 Å². The second kappa shape index (κ2) is 15.8. The van der Waals surface area contributed by atoms with Gasteiger partial charge in [0.15, 0.2) is 0 Å². The summed E-state index contributed by atoms with van der Waals surface area (Å²) < 4.78 is 176. The molecule has 0 aliphatic carbocycles. The maximum absolute atomic E-state index is 13.9. The zero-order valence-electron chi connectivity index (χ0n) is 25.5. The van der Waals surface area contributed by atoms with Crippen LogP contribution < -0.4 is 4.57 Å². The van der Waals surface area contributed by atoms with Crippen molar-refractivity contribution in [2.24, 2.45) is 0 Å². The molecule has 2 aromatic rings. The zero-order chi connectivity index (χ0) is 36.1. The molecule has 0 unspecified atom stereocenters. The maximum Gasteiger partial charge on any atom is 0.460 e. The number of alkyl halides is 13. The van der Waals surface area contributed by atoms with Crippen molar-refractivity contribution < 1.29 is 61.6 Å². The lowest BCUT2D eigenvalue weighted by Crippen LogP contribution is -2.70. The normalized spacial score (nSPS) is 14.0. The number of aromatic nitrogens is 2. The highest BCUT2D eigenvalue weighted by molar-refractivity contribution is 6.35. The van der Waals surface area contributed by atoms with Gasteiger partial charge in [-0.2, -0.15) is 57.1 Å². The maximum atomic E-state index is 13.9. The Bertz CT molecular complexity index is 1270. The highest BCUT2D eigenvalue weighted by atomic mass is 35.5. The first-order chi connectivity index (χ1) is 21.4. The molecule has 1 aromatic heterocycles. The van der Waals surface area contributed by atoms with Gasteiger partial charge in [0.05, 0.1) is 12.5 Å². The fourth-order valence-corrected chi connectivity index (χ4v) is 5.66. The Hall–Kier alpha value is -1.90. The Morgan fingerprint density at radius 3 is 1.55 bits per heavy atom. The summed E-state index contributed by atoms with van der Waals surface area (Å²) in [7, 11) is 0. The first-order valence-electron chi connectivity index (χ1n) is 14.9. The summed E-state index contributed by atoms with van der Waals surface area (Å²) in [5.41, 5.74) is 0.811. The van der Waals surface area contributed by atoms with Crippen molar-refractivity contribution in [3.63, 3.8) is 0 Å². The van der Waals surface area contributed by atoms with Crippen LogP contribution in [0.15, 0.2) is 30.6 Å². The van der Waals surface area contributed by atoms with Crippen LogP contribution in [-0.2, 0) is 13.1 Å². The van der Waals surface area contributed by atoms with Crippen molar-refractivity contribution >= 4 is 23.2 Å². The number of rotatable bonds is 19. The molecule has 0 saturated heterocycles. The molecule has 0 aliphatic rings. The quantitative estimate of drug-likeness (QED) is 0.0770. The summed E-state index contributed by atoms with van der Waals surface area (Å²) in [6.07, 6.45) is -2.12. The highest BCUT2D eigenvalue weighted by Crippen LogP contribution is 2.60. The third-order valence-corrected chi connectivity index (χ3v) is 8.52. The number of benzene rings is 1. The Balaban J connectivity index is 1.75. The number of imidazole rings is 1. The topological polar surface area (TPSA) is 8.81 Å². The van der Waals surface area contributed by atoms with Crippen LogP contribution in [0.4, 0.5) is 57.1 Å². The van der Waals surface area contributed by atoms with E-state index in [2.05, 4.69) is 23.0 Å². The fourth-order valence-electron chi connectivity index (χ4n) is 5.14. The van der Waals surface area contributed by atoms with E-state index < -0.39 is 48.6 Å². The minimum absolute atomic E-state index is 0.191. The molecule has 47 heavy (non-hydrogen) atoms. The lowest BCUT2D eigenvalue weighted by atomic mass is 9.91. The molecule has 0 fully saturated rings. The summed E-state index contributed by atoms with van der Waals surface area (Å²) in [5, 5.41) is 1.13. The molecule has 2 nitrogen and oxygen atoms in total. The number of halogens is 15. The van der Waals surface area contributed by atoms with E-state index in [1.165, 1.54) is 0 Å². The number of unbranched alkanes of at least 4 members (excludes halogenated alkanes) is 8. The smallest absolute Gasteiger partial charge is 0.234 e. The number of nitrogens with zero attached hydrogens (tertiary/aromatic N) is 2. The van der Waals surface area contributed by atoms with E-state index >= 15 is 0 Å². The van der Waals surface area contributed by atoms with Crippen molar-refractivity contribution in [3.05, 3.63) is 52.0 Å². The largest absolute Gasteiger partial charge is 0.460 e. The van der Waals surface area contributed by atoms with E-state index in [1.54, 1.807) is 18.2 Å². The molecular formula is C30H36Cl2F13N2+. The number of hydrogen-bond acceptors (Lipinski definition) is 0. The highest BCUT2D eigenvalue weighted by Gasteiger charge is 2.90. The van der Waals surface area contributed by atoms with Gasteiger partial charge < -0.3 is 0 Å². The van der Waals surface area contributed by atoms with Crippen LogP contribution in [0.2, 0.25) is 10.0 Å². The number of hydrogen-bond donors (Lipinski definition) is 0. The monoisotopic (exact) mass is 741 g/mol. The van der Waals surface area contributed by atoms with Gasteiger partial charge in [-0.25, -0.2) is 9.13 Å². The molecule has 2 rings (SSSR count). The third kappa shape index (κ3) is 9.02. The summed E-state index contributed by atoms with van der Waals surface area (Å²) >= 11 is 12.6.